The lowest BCUT2D eigenvalue weighted by Crippen LogP contribution is -2.47. The molecule has 2 fully saturated rings. The zero-order valence-electron chi connectivity index (χ0n) is 8.34. The summed E-state index contributed by atoms with van der Waals surface area (Å²) in [6.45, 7) is 0.778. The molecule has 2 saturated carbocycles. The van der Waals surface area contributed by atoms with Crippen LogP contribution >= 0.6 is 0 Å². The number of hydrogen-bond donors (Lipinski definition) is 2. The van der Waals surface area contributed by atoms with Crippen LogP contribution in [0.25, 0.3) is 0 Å². The van der Waals surface area contributed by atoms with E-state index in [1.54, 1.807) is 0 Å². The molecule has 0 aromatic heterocycles. The Morgan fingerprint density at radius 2 is 1.85 bits per heavy atom. The van der Waals surface area contributed by atoms with Crippen molar-refractivity contribution in [2.24, 2.45) is 17.1 Å². The Hall–Kier alpha value is -0.0800. The smallest absolute Gasteiger partial charge is 0.0551 e. The molecule has 2 aliphatic carbocycles. The molecule has 2 rings (SSSR count). The number of aliphatic hydroxyl groups is 1. The van der Waals surface area contributed by atoms with Gasteiger partial charge in [-0.05, 0) is 37.1 Å². The Kier molecular flexibility index (Phi) is 2.61. The van der Waals surface area contributed by atoms with Crippen LogP contribution in [0, 0.1) is 11.3 Å². The van der Waals surface area contributed by atoms with Crippen molar-refractivity contribution in [3.63, 3.8) is 0 Å². The summed E-state index contributed by atoms with van der Waals surface area (Å²) in [6.07, 6.45) is 8.77. The van der Waals surface area contributed by atoms with Gasteiger partial charge in [0.05, 0.1) is 6.10 Å². The fraction of sp³-hybridized carbons (Fsp3) is 1.00. The Balaban J connectivity index is 1.84. The van der Waals surface area contributed by atoms with Gasteiger partial charge in [-0.3, -0.25) is 0 Å². The maximum atomic E-state index is 9.33. The lowest BCUT2D eigenvalue weighted by Gasteiger charge is -2.46. The maximum Gasteiger partial charge on any atom is 0.0551 e. The van der Waals surface area contributed by atoms with Gasteiger partial charge in [0, 0.05) is 0 Å². The van der Waals surface area contributed by atoms with Gasteiger partial charge >= 0.3 is 0 Å². The lowest BCUT2D eigenvalue weighted by atomic mass is 9.62. The Bertz CT molecular complexity index is 169. The summed E-state index contributed by atoms with van der Waals surface area (Å²) in [6, 6.07) is 0. The van der Waals surface area contributed by atoms with Crippen molar-refractivity contribution < 1.29 is 5.11 Å². The van der Waals surface area contributed by atoms with Gasteiger partial charge in [-0.1, -0.05) is 25.7 Å². The minimum atomic E-state index is -0.0510. The highest BCUT2D eigenvalue weighted by molar-refractivity contribution is 4.96. The van der Waals surface area contributed by atoms with Gasteiger partial charge in [0.1, 0.15) is 0 Å². The van der Waals surface area contributed by atoms with Crippen LogP contribution in [0.5, 0.6) is 0 Å². The molecule has 0 amide bonds. The van der Waals surface area contributed by atoms with Gasteiger partial charge in [-0.2, -0.15) is 0 Å². The Labute approximate surface area is 80.5 Å². The first kappa shape index (κ1) is 9.47. The van der Waals surface area contributed by atoms with Crippen LogP contribution in [0.15, 0.2) is 0 Å². The third-order valence-electron chi connectivity index (χ3n) is 3.97. The molecule has 2 nitrogen and oxygen atoms in total. The summed E-state index contributed by atoms with van der Waals surface area (Å²) in [5, 5.41) is 9.33. The first-order valence-corrected chi connectivity index (χ1v) is 5.62. The molecular weight excluding hydrogens is 162 g/mol. The van der Waals surface area contributed by atoms with E-state index in [9.17, 15) is 5.11 Å². The van der Waals surface area contributed by atoms with Crippen molar-refractivity contribution in [1.29, 1.82) is 0 Å². The molecule has 76 valence electrons. The predicted molar refractivity (Wildman–Crippen MR) is 53.3 cm³/mol. The van der Waals surface area contributed by atoms with E-state index < -0.39 is 0 Å². The molecule has 0 radical (unpaired) electrons. The topological polar surface area (TPSA) is 46.2 Å². The van der Waals surface area contributed by atoms with Crippen molar-refractivity contribution in [2.45, 2.75) is 51.0 Å². The van der Waals surface area contributed by atoms with Crippen molar-refractivity contribution >= 4 is 0 Å². The molecule has 3 N–H and O–H groups in total. The summed E-state index contributed by atoms with van der Waals surface area (Å²) in [4.78, 5) is 0. The van der Waals surface area contributed by atoms with Gasteiger partial charge < -0.3 is 10.8 Å². The van der Waals surface area contributed by atoms with Crippen LogP contribution in [0.3, 0.4) is 0 Å². The second-order valence-electron chi connectivity index (χ2n) is 5.12. The molecule has 0 atom stereocenters. The fourth-order valence-corrected chi connectivity index (χ4v) is 3.18. The second-order valence-corrected chi connectivity index (χ2v) is 5.12. The summed E-state index contributed by atoms with van der Waals surface area (Å²) in [5.41, 5.74) is 6.13. The highest BCUT2D eigenvalue weighted by Gasteiger charge is 2.43. The molecule has 2 heteroatoms. The molecule has 13 heavy (non-hydrogen) atoms. The second kappa shape index (κ2) is 3.58. The van der Waals surface area contributed by atoms with Crippen LogP contribution in [-0.2, 0) is 0 Å². The normalized spacial score (nSPS) is 40.6. The third-order valence-corrected chi connectivity index (χ3v) is 3.97. The van der Waals surface area contributed by atoms with Crippen molar-refractivity contribution in [3.05, 3.63) is 0 Å². The molecule has 0 bridgehead atoms. The van der Waals surface area contributed by atoms with Gasteiger partial charge in [0.25, 0.3) is 0 Å². The summed E-state index contributed by atoms with van der Waals surface area (Å²) in [5.74, 6) is 0.913. The van der Waals surface area contributed by atoms with E-state index in [0.717, 1.165) is 25.3 Å². The first-order valence-electron chi connectivity index (χ1n) is 5.62. The van der Waals surface area contributed by atoms with Crippen LogP contribution in [-0.4, -0.2) is 17.8 Å². The zero-order valence-corrected chi connectivity index (χ0v) is 8.34. The Morgan fingerprint density at radius 1 is 1.23 bits per heavy atom. The molecule has 0 aromatic rings. The Morgan fingerprint density at radius 3 is 2.31 bits per heavy atom. The summed E-state index contributed by atoms with van der Waals surface area (Å²) in [7, 11) is 0. The number of nitrogens with two attached hydrogens (primary N) is 1. The molecule has 0 saturated heterocycles. The number of aliphatic hydroxyl groups excluding tert-OH is 1. The molecular formula is C11H21NO. The molecule has 0 aromatic carbocycles. The summed E-state index contributed by atoms with van der Waals surface area (Å²) >= 11 is 0. The molecule has 0 unspecified atom stereocenters. The van der Waals surface area contributed by atoms with Gasteiger partial charge in [-0.25, -0.2) is 0 Å². The average molecular weight is 183 g/mol. The van der Waals surface area contributed by atoms with E-state index >= 15 is 0 Å². The highest BCUT2D eigenvalue weighted by Crippen LogP contribution is 2.47. The average Bonchev–Trinajstić information content (AvgIpc) is 2.53. The molecule has 0 spiro atoms. The maximum absolute atomic E-state index is 9.33. The van der Waals surface area contributed by atoms with Gasteiger partial charge in [0.2, 0.25) is 0 Å². The SMILES string of the molecule is NCC1(CC2CCCC2)CC(O)C1. The van der Waals surface area contributed by atoms with Crippen LogP contribution < -0.4 is 5.73 Å². The molecule has 0 heterocycles. The van der Waals surface area contributed by atoms with Crippen molar-refractivity contribution in [1.82, 2.24) is 0 Å². The monoisotopic (exact) mass is 183 g/mol. The van der Waals surface area contributed by atoms with E-state index in [-0.39, 0.29) is 6.10 Å². The van der Waals surface area contributed by atoms with Gasteiger partial charge in [-0.15, -0.1) is 0 Å². The zero-order chi connectivity index (χ0) is 9.31. The van der Waals surface area contributed by atoms with Gasteiger partial charge in [0.15, 0.2) is 0 Å². The van der Waals surface area contributed by atoms with E-state index in [1.807, 2.05) is 0 Å². The van der Waals surface area contributed by atoms with Crippen LogP contribution in [0.4, 0.5) is 0 Å². The minimum absolute atomic E-state index is 0.0510. The number of hydrogen-bond acceptors (Lipinski definition) is 2. The van der Waals surface area contributed by atoms with E-state index in [4.69, 9.17) is 5.73 Å². The standard InChI is InChI=1S/C11H21NO/c12-8-11(6-10(13)7-11)5-9-3-1-2-4-9/h9-10,13H,1-8,12H2. The third kappa shape index (κ3) is 1.89. The first-order chi connectivity index (χ1) is 6.24. The fourth-order valence-electron chi connectivity index (χ4n) is 3.18. The molecule has 0 aliphatic heterocycles. The molecule has 2 aliphatic rings. The van der Waals surface area contributed by atoms with E-state index in [0.29, 0.717) is 5.41 Å². The highest BCUT2D eigenvalue weighted by atomic mass is 16.3. The van der Waals surface area contributed by atoms with Crippen LogP contribution in [0.2, 0.25) is 0 Å². The van der Waals surface area contributed by atoms with E-state index in [1.165, 1.54) is 32.1 Å². The number of rotatable bonds is 3. The minimum Gasteiger partial charge on any atom is -0.393 e. The van der Waals surface area contributed by atoms with E-state index in [2.05, 4.69) is 0 Å². The van der Waals surface area contributed by atoms with Crippen molar-refractivity contribution in [3.8, 4) is 0 Å². The quantitative estimate of drug-likeness (QED) is 0.699. The summed E-state index contributed by atoms with van der Waals surface area (Å²) < 4.78 is 0. The van der Waals surface area contributed by atoms with Crippen molar-refractivity contribution in [2.75, 3.05) is 6.54 Å². The largest absolute Gasteiger partial charge is 0.393 e. The predicted octanol–water partition coefficient (Wildman–Crippen LogP) is 1.67. The lowest BCUT2D eigenvalue weighted by molar-refractivity contribution is -0.0401. The van der Waals surface area contributed by atoms with Crippen LogP contribution in [0.1, 0.15) is 44.9 Å².